The first kappa shape index (κ1) is 20.0. The van der Waals surface area contributed by atoms with Gasteiger partial charge in [0, 0.05) is 12.2 Å². The van der Waals surface area contributed by atoms with Gasteiger partial charge in [0.2, 0.25) is 17.7 Å². The van der Waals surface area contributed by atoms with E-state index >= 15 is 0 Å². The first-order valence-corrected chi connectivity index (χ1v) is 8.96. The Morgan fingerprint density at radius 3 is 2.42 bits per heavy atom. The van der Waals surface area contributed by atoms with Gasteiger partial charge in [-0.25, -0.2) is 0 Å². The summed E-state index contributed by atoms with van der Waals surface area (Å²) in [6, 6.07) is 6.86. The third-order valence-electron chi connectivity index (χ3n) is 3.98. The summed E-state index contributed by atoms with van der Waals surface area (Å²) < 4.78 is 5.05. The standard InChI is InChI=1S/C18H24ClN3O4/c1-12(19)18(25)22(10-13-3-4-13)11-17(24)20-9-16(23)21-14-5-7-15(26-2)8-6-14/h5-8,12-13H,3-4,9-11H2,1-2H3,(H,20,24)(H,21,23). The molecule has 3 amide bonds. The van der Waals surface area contributed by atoms with Gasteiger partial charge in [-0.05, 0) is 49.9 Å². The predicted molar refractivity (Wildman–Crippen MR) is 99.3 cm³/mol. The summed E-state index contributed by atoms with van der Waals surface area (Å²) in [4.78, 5) is 37.6. The molecule has 0 heterocycles. The quantitative estimate of drug-likeness (QED) is 0.636. The van der Waals surface area contributed by atoms with Crippen LogP contribution in [0.5, 0.6) is 5.75 Å². The largest absolute Gasteiger partial charge is 0.497 e. The van der Waals surface area contributed by atoms with E-state index in [0.717, 1.165) is 12.8 Å². The van der Waals surface area contributed by atoms with E-state index < -0.39 is 5.38 Å². The number of amides is 3. The Morgan fingerprint density at radius 2 is 1.88 bits per heavy atom. The normalized spacial score (nSPS) is 14.3. The second-order valence-electron chi connectivity index (χ2n) is 6.33. The second-order valence-corrected chi connectivity index (χ2v) is 6.99. The van der Waals surface area contributed by atoms with Crippen molar-refractivity contribution in [2.24, 2.45) is 5.92 Å². The molecule has 1 aromatic rings. The van der Waals surface area contributed by atoms with Gasteiger partial charge in [-0.1, -0.05) is 0 Å². The smallest absolute Gasteiger partial charge is 0.243 e. The maximum atomic E-state index is 12.1. The molecular weight excluding hydrogens is 358 g/mol. The van der Waals surface area contributed by atoms with Crippen molar-refractivity contribution in [3.8, 4) is 5.75 Å². The van der Waals surface area contributed by atoms with Crippen LogP contribution in [0.3, 0.4) is 0 Å². The zero-order valence-electron chi connectivity index (χ0n) is 15.0. The Hall–Kier alpha value is -2.28. The molecular formula is C18H24ClN3O4. The molecule has 2 rings (SSSR count). The Balaban J connectivity index is 1.78. The highest BCUT2D eigenvalue weighted by atomic mass is 35.5. The van der Waals surface area contributed by atoms with Crippen LogP contribution in [0.1, 0.15) is 19.8 Å². The van der Waals surface area contributed by atoms with Crippen molar-refractivity contribution in [1.82, 2.24) is 10.2 Å². The number of carbonyl (C=O) groups excluding carboxylic acids is 3. The van der Waals surface area contributed by atoms with Crippen LogP contribution in [0.15, 0.2) is 24.3 Å². The van der Waals surface area contributed by atoms with Crippen LogP contribution in [0.2, 0.25) is 0 Å². The minimum absolute atomic E-state index is 0.0950. The summed E-state index contributed by atoms with van der Waals surface area (Å²) in [5, 5.41) is 4.52. The van der Waals surface area contributed by atoms with Crippen molar-refractivity contribution < 1.29 is 19.1 Å². The van der Waals surface area contributed by atoms with Crippen molar-refractivity contribution in [2.75, 3.05) is 32.1 Å². The third kappa shape index (κ3) is 6.55. The zero-order chi connectivity index (χ0) is 19.1. The summed E-state index contributed by atoms with van der Waals surface area (Å²) in [5.74, 6) is 0.123. The molecule has 0 bridgehead atoms. The summed E-state index contributed by atoms with van der Waals surface area (Å²) in [5.41, 5.74) is 0.603. The fourth-order valence-electron chi connectivity index (χ4n) is 2.38. The van der Waals surface area contributed by atoms with Crippen LogP contribution < -0.4 is 15.4 Å². The second kappa shape index (κ2) is 9.43. The highest BCUT2D eigenvalue weighted by Crippen LogP contribution is 2.30. The average molecular weight is 382 g/mol. The molecule has 1 saturated carbocycles. The molecule has 1 aromatic carbocycles. The first-order chi connectivity index (χ1) is 12.4. The van der Waals surface area contributed by atoms with Crippen molar-refractivity contribution in [1.29, 1.82) is 0 Å². The highest BCUT2D eigenvalue weighted by Gasteiger charge is 2.29. The van der Waals surface area contributed by atoms with Crippen LogP contribution in [-0.4, -0.2) is 54.7 Å². The van der Waals surface area contributed by atoms with Crippen LogP contribution in [0.4, 0.5) is 5.69 Å². The number of alkyl halides is 1. The van der Waals surface area contributed by atoms with E-state index in [4.69, 9.17) is 16.3 Å². The zero-order valence-corrected chi connectivity index (χ0v) is 15.7. The van der Waals surface area contributed by atoms with Crippen LogP contribution in [0, 0.1) is 5.92 Å². The van der Waals surface area contributed by atoms with E-state index in [1.54, 1.807) is 38.3 Å². The fraction of sp³-hybridized carbons (Fsp3) is 0.500. The van der Waals surface area contributed by atoms with Gasteiger partial charge in [0.25, 0.3) is 0 Å². The molecule has 26 heavy (non-hydrogen) atoms. The SMILES string of the molecule is COc1ccc(NC(=O)CNC(=O)CN(CC2CC2)C(=O)C(C)Cl)cc1. The molecule has 1 aliphatic carbocycles. The number of ether oxygens (including phenoxy) is 1. The molecule has 7 nitrogen and oxygen atoms in total. The number of nitrogens with one attached hydrogen (secondary N) is 2. The minimum Gasteiger partial charge on any atom is -0.497 e. The number of hydrogen-bond donors (Lipinski definition) is 2. The molecule has 2 N–H and O–H groups in total. The van der Waals surface area contributed by atoms with Crippen LogP contribution >= 0.6 is 11.6 Å². The molecule has 142 valence electrons. The van der Waals surface area contributed by atoms with Gasteiger partial charge in [-0.15, -0.1) is 11.6 Å². The van der Waals surface area contributed by atoms with Gasteiger partial charge in [0.15, 0.2) is 0 Å². The van der Waals surface area contributed by atoms with E-state index in [9.17, 15) is 14.4 Å². The summed E-state index contributed by atoms with van der Waals surface area (Å²) in [6.07, 6.45) is 2.12. The summed E-state index contributed by atoms with van der Waals surface area (Å²) in [6.45, 7) is 1.85. The highest BCUT2D eigenvalue weighted by molar-refractivity contribution is 6.30. The van der Waals surface area contributed by atoms with Gasteiger partial charge in [0.1, 0.15) is 11.1 Å². The van der Waals surface area contributed by atoms with Crippen molar-refractivity contribution in [3.63, 3.8) is 0 Å². The molecule has 1 atom stereocenters. The van der Waals surface area contributed by atoms with Gasteiger partial charge < -0.3 is 20.3 Å². The Bertz CT molecular complexity index is 644. The maximum absolute atomic E-state index is 12.1. The van der Waals surface area contributed by atoms with Crippen molar-refractivity contribution in [3.05, 3.63) is 24.3 Å². The molecule has 1 unspecified atom stereocenters. The average Bonchev–Trinajstić information content (AvgIpc) is 3.43. The molecule has 0 spiro atoms. The lowest BCUT2D eigenvalue weighted by atomic mass is 10.3. The lowest BCUT2D eigenvalue weighted by Crippen LogP contribution is -2.45. The summed E-state index contributed by atoms with van der Waals surface area (Å²) >= 11 is 5.85. The lowest BCUT2D eigenvalue weighted by Gasteiger charge is -2.23. The van der Waals surface area contributed by atoms with E-state index in [2.05, 4.69) is 10.6 Å². The number of carbonyl (C=O) groups is 3. The number of methoxy groups -OCH3 is 1. The number of benzene rings is 1. The van der Waals surface area contributed by atoms with Gasteiger partial charge in [-0.3, -0.25) is 14.4 Å². The molecule has 0 saturated heterocycles. The fourth-order valence-corrected chi connectivity index (χ4v) is 2.52. The molecule has 8 heteroatoms. The maximum Gasteiger partial charge on any atom is 0.243 e. The van der Waals surface area contributed by atoms with E-state index in [0.29, 0.717) is 23.9 Å². The Morgan fingerprint density at radius 1 is 1.23 bits per heavy atom. The van der Waals surface area contributed by atoms with Crippen LogP contribution in [-0.2, 0) is 14.4 Å². The van der Waals surface area contributed by atoms with E-state index in [1.165, 1.54) is 4.90 Å². The Labute approximate surface area is 158 Å². The summed E-state index contributed by atoms with van der Waals surface area (Å²) in [7, 11) is 1.56. The molecule has 1 fully saturated rings. The number of hydrogen-bond acceptors (Lipinski definition) is 4. The number of anilines is 1. The van der Waals surface area contributed by atoms with Gasteiger partial charge in [-0.2, -0.15) is 0 Å². The van der Waals surface area contributed by atoms with E-state index in [-0.39, 0.29) is 30.8 Å². The number of nitrogens with zero attached hydrogens (tertiary/aromatic N) is 1. The van der Waals surface area contributed by atoms with Crippen molar-refractivity contribution >= 4 is 35.0 Å². The predicted octanol–water partition coefficient (Wildman–Crippen LogP) is 1.62. The number of halogens is 1. The topological polar surface area (TPSA) is 87.7 Å². The molecule has 0 aromatic heterocycles. The molecule has 0 aliphatic heterocycles. The lowest BCUT2D eigenvalue weighted by molar-refractivity contribution is -0.136. The van der Waals surface area contributed by atoms with Crippen LogP contribution in [0.25, 0.3) is 0 Å². The Kier molecular flexibility index (Phi) is 7.26. The third-order valence-corrected chi connectivity index (χ3v) is 4.17. The van der Waals surface area contributed by atoms with Crippen molar-refractivity contribution in [2.45, 2.75) is 25.1 Å². The molecule has 0 radical (unpaired) electrons. The minimum atomic E-state index is -0.681. The number of rotatable bonds is 9. The monoisotopic (exact) mass is 381 g/mol. The van der Waals surface area contributed by atoms with E-state index in [1.807, 2.05) is 0 Å². The van der Waals surface area contributed by atoms with Gasteiger partial charge >= 0.3 is 0 Å². The van der Waals surface area contributed by atoms with Gasteiger partial charge in [0.05, 0.1) is 20.2 Å². The molecule has 1 aliphatic rings. The first-order valence-electron chi connectivity index (χ1n) is 8.52.